The maximum Gasteiger partial charge on any atom is 0.338 e. The minimum absolute atomic E-state index is 0.137. The van der Waals surface area contributed by atoms with Crippen molar-refractivity contribution in [2.45, 2.75) is 20.0 Å². The van der Waals surface area contributed by atoms with E-state index in [-0.39, 0.29) is 18.7 Å². The number of benzene rings is 2. The van der Waals surface area contributed by atoms with Gasteiger partial charge in [-0.3, -0.25) is 10.1 Å². The molecule has 0 aliphatic carbocycles. The number of hydrogen-bond donors (Lipinski definition) is 2. The molecule has 3 rings (SSSR count). The van der Waals surface area contributed by atoms with Crippen molar-refractivity contribution in [1.82, 2.24) is 10.6 Å². The van der Waals surface area contributed by atoms with E-state index in [1.165, 1.54) is 0 Å². The van der Waals surface area contributed by atoms with Crippen LogP contribution in [0.1, 0.15) is 24.2 Å². The maximum absolute atomic E-state index is 12.1. The number of carbonyl (C=O) groups excluding carboxylic acids is 3. The topological polar surface area (TPSA) is 112 Å². The number of urea groups is 1. The number of fused-ring (bicyclic) bond motifs is 1. The van der Waals surface area contributed by atoms with Gasteiger partial charge in [0.25, 0.3) is 5.91 Å². The zero-order chi connectivity index (χ0) is 22.9. The van der Waals surface area contributed by atoms with Crippen LogP contribution >= 0.6 is 0 Å². The SMILES string of the molecule is CC(C)COc1ccc(C(=O)OCC(=O)NC(=O)NCC2COc3ccccc3O2)cc1. The minimum Gasteiger partial charge on any atom is -0.493 e. The lowest BCUT2D eigenvalue weighted by atomic mass is 10.2. The molecule has 2 aromatic carbocycles. The molecule has 2 aromatic rings. The lowest BCUT2D eigenvalue weighted by Crippen LogP contribution is -2.46. The summed E-state index contributed by atoms with van der Waals surface area (Å²) in [5, 5.41) is 4.63. The third-order valence-electron chi connectivity index (χ3n) is 4.32. The van der Waals surface area contributed by atoms with Crippen molar-refractivity contribution in [2.24, 2.45) is 5.92 Å². The van der Waals surface area contributed by atoms with Crippen LogP contribution in [0.4, 0.5) is 4.79 Å². The average Bonchev–Trinajstić information content (AvgIpc) is 2.80. The number of hydrogen-bond acceptors (Lipinski definition) is 7. The first kappa shape index (κ1) is 22.9. The average molecular weight is 442 g/mol. The van der Waals surface area contributed by atoms with Crippen LogP contribution in [0, 0.1) is 5.92 Å². The summed E-state index contributed by atoms with van der Waals surface area (Å²) in [5.41, 5.74) is 0.272. The smallest absolute Gasteiger partial charge is 0.338 e. The number of esters is 1. The molecular formula is C23H26N2O7. The Kier molecular flexibility index (Phi) is 7.91. The van der Waals surface area contributed by atoms with Gasteiger partial charge in [0.15, 0.2) is 24.2 Å². The fraction of sp³-hybridized carbons (Fsp3) is 0.348. The van der Waals surface area contributed by atoms with Gasteiger partial charge in [-0.25, -0.2) is 9.59 Å². The monoisotopic (exact) mass is 442 g/mol. The largest absolute Gasteiger partial charge is 0.493 e. The highest BCUT2D eigenvalue weighted by Gasteiger charge is 2.21. The van der Waals surface area contributed by atoms with Crippen molar-refractivity contribution >= 4 is 17.9 Å². The molecule has 0 aromatic heterocycles. The number of rotatable bonds is 8. The molecule has 0 spiro atoms. The first-order valence-electron chi connectivity index (χ1n) is 10.3. The summed E-state index contributed by atoms with van der Waals surface area (Å²) in [6.45, 7) is 4.46. The Hall–Kier alpha value is -3.75. The predicted molar refractivity (Wildman–Crippen MR) is 115 cm³/mol. The van der Waals surface area contributed by atoms with E-state index >= 15 is 0 Å². The zero-order valence-electron chi connectivity index (χ0n) is 18.0. The molecule has 9 nitrogen and oxygen atoms in total. The fourth-order valence-corrected chi connectivity index (χ4v) is 2.74. The van der Waals surface area contributed by atoms with Gasteiger partial charge in [-0.05, 0) is 42.3 Å². The number of amides is 3. The molecule has 0 radical (unpaired) electrons. The molecule has 1 aliphatic heterocycles. The van der Waals surface area contributed by atoms with E-state index in [2.05, 4.69) is 10.6 Å². The molecule has 0 bridgehead atoms. The van der Waals surface area contributed by atoms with E-state index in [4.69, 9.17) is 18.9 Å². The highest BCUT2D eigenvalue weighted by Crippen LogP contribution is 2.30. The molecule has 1 atom stereocenters. The first-order chi connectivity index (χ1) is 15.4. The van der Waals surface area contributed by atoms with E-state index in [1.807, 2.05) is 26.0 Å². The zero-order valence-corrected chi connectivity index (χ0v) is 18.0. The van der Waals surface area contributed by atoms with Crippen molar-refractivity contribution in [3.8, 4) is 17.2 Å². The number of para-hydroxylation sites is 2. The fourth-order valence-electron chi connectivity index (χ4n) is 2.74. The Morgan fingerprint density at radius 1 is 1.06 bits per heavy atom. The third-order valence-corrected chi connectivity index (χ3v) is 4.32. The minimum atomic E-state index is -0.751. The molecule has 0 saturated carbocycles. The number of nitrogens with one attached hydrogen (secondary N) is 2. The van der Waals surface area contributed by atoms with E-state index in [0.29, 0.717) is 29.8 Å². The molecule has 2 N–H and O–H groups in total. The van der Waals surface area contributed by atoms with Crippen LogP contribution in [0.3, 0.4) is 0 Å². The molecule has 1 unspecified atom stereocenters. The number of carbonyl (C=O) groups is 3. The Balaban J connectivity index is 1.35. The Bertz CT molecular complexity index is 944. The molecule has 9 heteroatoms. The van der Waals surface area contributed by atoms with E-state index in [9.17, 15) is 14.4 Å². The first-order valence-corrected chi connectivity index (χ1v) is 10.3. The second-order valence-electron chi connectivity index (χ2n) is 7.56. The van der Waals surface area contributed by atoms with Gasteiger partial charge in [-0.15, -0.1) is 0 Å². The van der Waals surface area contributed by atoms with Crippen LogP contribution in [-0.2, 0) is 9.53 Å². The van der Waals surface area contributed by atoms with E-state index in [0.717, 1.165) is 0 Å². The van der Waals surface area contributed by atoms with Gasteiger partial charge in [-0.2, -0.15) is 0 Å². The van der Waals surface area contributed by atoms with Gasteiger partial charge in [0, 0.05) is 0 Å². The highest BCUT2D eigenvalue weighted by molar-refractivity contribution is 5.97. The number of imide groups is 1. The second-order valence-corrected chi connectivity index (χ2v) is 7.56. The summed E-state index contributed by atoms with van der Waals surface area (Å²) in [7, 11) is 0. The highest BCUT2D eigenvalue weighted by atomic mass is 16.6. The standard InChI is InChI=1S/C23H26N2O7/c1-15(2)12-29-17-9-7-16(8-10-17)22(27)31-14-21(26)25-23(28)24-11-18-13-30-19-5-3-4-6-20(19)32-18/h3-10,15,18H,11-14H2,1-2H3,(H2,24,25,26,28). The summed E-state index contributed by atoms with van der Waals surface area (Å²) in [6.07, 6.45) is -0.393. The predicted octanol–water partition coefficient (Wildman–Crippen LogP) is 2.54. The van der Waals surface area contributed by atoms with Crippen molar-refractivity contribution < 1.29 is 33.3 Å². The van der Waals surface area contributed by atoms with Crippen molar-refractivity contribution in [2.75, 3.05) is 26.4 Å². The quantitative estimate of drug-likeness (QED) is 0.604. The van der Waals surface area contributed by atoms with Gasteiger partial charge in [0.2, 0.25) is 0 Å². The van der Waals surface area contributed by atoms with Crippen LogP contribution in [0.2, 0.25) is 0 Å². The van der Waals surface area contributed by atoms with Gasteiger partial charge < -0.3 is 24.3 Å². The third kappa shape index (κ3) is 6.90. The van der Waals surface area contributed by atoms with Crippen LogP contribution in [0.5, 0.6) is 17.2 Å². The lowest BCUT2D eigenvalue weighted by molar-refractivity contribution is -0.123. The normalized spacial score (nSPS) is 14.4. The molecular weight excluding hydrogens is 416 g/mol. The van der Waals surface area contributed by atoms with Crippen molar-refractivity contribution in [3.63, 3.8) is 0 Å². The second kappa shape index (κ2) is 11.0. The molecule has 3 amide bonds. The maximum atomic E-state index is 12.1. The van der Waals surface area contributed by atoms with Gasteiger partial charge in [-0.1, -0.05) is 26.0 Å². The molecule has 1 aliphatic rings. The molecule has 0 saturated heterocycles. The summed E-state index contributed by atoms with van der Waals surface area (Å²) < 4.78 is 21.8. The molecule has 1 heterocycles. The summed E-state index contributed by atoms with van der Waals surface area (Å²) >= 11 is 0. The van der Waals surface area contributed by atoms with E-state index in [1.54, 1.807) is 36.4 Å². The lowest BCUT2D eigenvalue weighted by Gasteiger charge is -2.26. The van der Waals surface area contributed by atoms with Crippen molar-refractivity contribution in [1.29, 1.82) is 0 Å². The van der Waals surface area contributed by atoms with Crippen LogP contribution in [0.15, 0.2) is 48.5 Å². The van der Waals surface area contributed by atoms with Gasteiger partial charge in [0.1, 0.15) is 12.4 Å². The van der Waals surface area contributed by atoms with Crippen LogP contribution < -0.4 is 24.8 Å². The van der Waals surface area contributed by atoms with E-state index < -0.39 is 30.6 Å². The van der Waals surface area contributed by atoms with Gasteiger partial charge in [0.05, 0.1) is 18.7 Å². The van der Waals surface area contributed by atoms with Crippen LogP contribution in [-0.4, -0.2) is 50.4 Å². The summed E-state index contributed by atoms with van der Waals surface area (Å²) in [6, 6.07) is 12.9. The van der Waals surface area contributed by atoms with Gasteiger partial charge >= 0.3 is 12.0 Å². The Labute approximate surface area is 186 Å². The molecule has 170 valence electrons. The number of ether oxygens (including phenoxy) is 4. The summed E-state index contributed by atoms with van der Waals surface area (Å²) in [5.74, 6) is 0.828. The summed E-state index contributed by atoms with van der Waals surface area (Å²) in [4.78, 5) is 35.9. The molecule has 0 fully saturated rings. The molecule has 32 heavy (non-hydrogen) atoms. The van der Waals surface area contributed by atoms with Crippen LogP contribution in [0.25, 0.3) is 0 Å². The Morgan fingerprint density at radius 3 is 2.50 bits per heavy atom. The van der Waals surface area contributed by atoms with Crippen molar-refractivity contribution in [3.05, 3.63) is 54.1 Å². The Morgan fingerprint density at radius 2 is 1.78 bits per heavy atom.